The quantitative estimate of drug-likeness (QED) is 0.0752. The van der Waals surface area contributed by atoms with Crippen molar-refractivity contribution < 1.29 is 23.8 Å². The Balaban J connectivity index is 0.00000130. The highest BCUT2D eigenvalue weighted by molar-refractivity contribution is 6.31. The van der Waals surface area contributed by atoms with E-state index >= 15 is 0 Å². The minimum atomic E-state index is -0.497. The van der Waals surface area contributed by atoms with Gasteiger partial charge in [-0.05, 0) is 75.2 Å². The van der Waals surface area contributed by atoms with Crippen molar-refractivity contribution in [3.63, 3.8) is 0 Å². The predicted octanol–water partition coefficient (Wildman–Crippen LogP) is 6.05. The molecule has 0 bridgehead atoms. The molecule has 0 spiro atoms. The summed E-state index contributed by atoms with van der Waals surface area (Å²) in [6.45, 7) is 16.5. The Hall–Kier alpha value is -3.46. The van der Waals surface area contributed by atoms with E-state index in [-0.39, 0.29) is 23.6 Å². The van der Waals surface area contributed by atoms with Crippen LogP contribution in [-0.2, 0) is 14.3 Å². The monoisotopic (exact) mass is 661 g/mol. The van der Waals surface area contributed by atoms with E-state index in [2.05, 4.69) is 45.0 Å². The third-order valence-electron chi connectivity index (χ3n) is 6.21. The van der Waals surface area contributed by atoms with Gasteiger partial charge in [0.25, 0.3) is 0 Å². The maximum absolute atomic E-state index is 13.4. The number of terminal acetylenes is 1. The molecule has 2 saturated heterocycles. The molecule has 2 heterocycles. The lowest BCUT2D eigenvalue weighted by Crippen LogP contribution is -2.27. The number of nitrogens with one attached hydrogen (secondary N) is 3. The molecule has 0 radical (unpaired) electrons. The number of allylic oxidation sites excluding steroid dienone is 4. The van der Waals surface area contributed by atoms with Crippen LogP contribution < -0.4 is 16.0 Å². The van der Waals surface area contributed by atoms with Gasteiger partial charge >= 0.3 is 0 Å². The minimum absolute atomic E-state index is 0.00919. The van der Waals surface area contributed by atoms with Crippen molar-refractivity contribution in [3.05, 3.63) is 76.5 Å². The number of hydrogen-bond donors (Lipinski definition) is 4. The molecule has 2 aliphatic rings. The van der Waals surface area contributed by atoms with Crippen LogP contribution in [-0.4, -0.2) is 81.8 Å². The summed E-state index contributed by atoms with van der Waals surface area (Å²) in [5, 5.41) is 16.9. The van der Waals surface area contributed by atoms with Gasteiger partial charge in [0.15, 0.2) is 0 Å². The second kappa shape index (κ2) is 27.8. The first-order chi connectivity index (χ1) is 22.3. The van der Waals surface area contributed by atoms with E-state index < -0.39 is 5.82 Å². The van der Waals surface area contributed by atoms with Crippen molar-refractivity contribution in [3.8, 4) is 12.5 Å². The summed E-state index contributed by atoms with van der Waals surface area (Å²) in [7, 11) is 1.69. The van der Waals surface area contributed by atoms with Crippen molar-refractivity contribution in [1.29, 1.82) is 0 Å². The van der Waals surface area contributed by atoms with Crippen molar-refractivity contribution in [1.82, 2.24) is 15.5 Å². The second-order valence-electron chi connectivity index (χ2n) is 9.72. The van der Waals surface area contributed by atoms with E-state index in [1.165, 1.54) is 12.1 Å². The molecule has 2 fully saturated rings. The summed E-state index contributed by atoms with van der Waals surface area (Å²) in [5.41, 5.74) is 1.93. The van der Waals surface area contributed by atoms with Gasteiger partial charge in [0.2, 0.25) is 5.91 Å². The Morgan fingerprint density at radius 3 is 2.54 bits per heavy atom. The van der Waals surface area contributed by atoms with Crippen molar-refractivity contribution in [2.75, 3.05) is 58.4 Å². The maximum Gasteiger partial charge on any atom is 0.248 e. The van der Waals surface area contributed by atoms with E-state index in [1.54, 1.807) is 25.3 Å². The Morgan fingerprint density at radius 2 is 1.98 bits per heavy atom. The zero-order valence-electron chi connectivity index (χ0n) is 28.1. The fraction of sp³-hybridized carbons (Fsp3) is 0.486. The summed E-state index contributed by atoms with van der Waals surface area (Å²) in [6, 6.07) is 6.49. The Labute approximate surface area is 280 Å². The largest absolute Gasteiger partial charge is 0.394 e. The van der Waals surface area contributed by atoms with E-state index in [9.17, 15) is 9.18 Å². The smallest absolute Gasteiger partial charge is 0.248 e. The van der Waals surface area contributed by atoms with Crippen LogP contribution in [0.4, 0.5) is 10.1 Å². The summed E-state index contributed by atoms with van der Waals surface area (Å²) in [6.07, 6.45) is 17.8. The topological polar surface area (TPSA) is 107 Å². The van der Waals surface area contributed by atoms with Crippen LogP contribution in [0.3, 0.4) is 0 Å². The summed E-state index contributed by atoms with van der Waals surface area (Å²) >= 11 is 5.86. The molecule has 0 aromatic heterocycles. The van der Waals surface area contributed by atoms with Crippen LogP contribution in [0, 0.1) is 18.3 Å². The number of ether oxygens (including phenoxy) is 2. The first-order valence-electron chi connectivity index (χ1n) is 15.7. The first-order valence-corrected chi connectivity index (χ1v) is 16.1. The first kappa shape index (κ1) is 42.5. The van der Waals surface area contributed by atoms with Crippen molar-refractivity contribution in [2.45, 2.75) is 59.5 Å². The number of aliphatic imine (C=N–C) groups is 1. The molecule has 256 valence electrons. The number of benzene rings is 1. The van der Waals surface area contributed by atoms with Gasteiger partial charge in [0.05, 0.1) is 24.3 Å². The third-order valence-corrected chi connectivity index (χ3v) is 6.50. The minimum Gasteiger partial charge on any atom is -0.394 e. The van der Waals surface area contributed by atoms with Crippen molar-refractivity contribution >= 4 is 29.9 Å². The van der Waals surface area contributed by atoms with E-state index in [4.69, 9.17) is 26.2 Å². The van der Waals surface area contributed by atoms with Crippen LogP contribution in [0.1, 0.15) is 53.4 Å². The number of hydrogen-bond acceptors (Lipinski definition) is 8. The molecule has 9 nitrogen and oxygen atoms in total. The molecule has 1 aromatic rings. The Kier molecular flexibility index (Phi) is 25.7. The van der Waals surface area contributed by atoms with Crippen LogP contribution in [0.15, 0.2) is 70.7 Å². The molecule has 2 aliphatic heterocycles. The van der Waals surface area contributed by atoms with Crippen LogP contribution in [0.2, 0.25) is 5.02 Å². The number of nitrogens with zero attached hydrogens (tertiary/aromatic N) is 2. The summed E-state index contributed by atoms with van der Waals surface area (Å²) in [5.74, 6) is -0.247. The molecule has 1 atom stereocenters. The average molecular weight is 662 g/mol. The third kappa shape index (κ3) is 19.8. The molecule has 0 aliphatic carbocycles. The molecule has 0 unspecified atom stereocenters. The van der Waals surface area contributed by atoms with Gasteiger partial charge in [-0.3, -0.25) is 9.69 Å². The van der Waals surface area contributed by atoms with E-state index in [1.807, 2.05) is 45.9 Å². The molecule has 1 aromatic carbocycles. The summed E-state index contributed by atoms with van der Waals surface area (Å²) in [4.78, 5) is 18.8. The molecule has 0 saturated carbocycles. The normalized spacial score (nSPS) is 17.1. The number of carbonyl (C=O) groups is 1. The van der Waals surface area contributed by atoms with Gasteiger partial charge in [0, 0.05) is 63.4 Å². The van der Waals surface area contributed by atoms with Gasteiger partial charge in [-0.1, -0.05) is 50.9 Å². The average Bonchev–Trinajstić information content (AvgIpc) is 3.48. The Bertz CT molecular complexity index is 1170. The van der Waals surface area contributed by atoms with Crippen molar-refractivity contribution in [2.24, 2.45) is 4.99 Å². The second-order valence-corrected chi connectivity index (χ2v) is 10.1. The molecule has 3 rings (SSSR count). The van der Waals surface area contributed by atoms with Crippen LogP contribution in [0.5, 0.6) is 0 Å². The number of aliphatic hydroxyl groups is 1. The van der Waals surface area contributed by atoms with Gasteiger partial charge in [0.1, 0.15) is 11.6 Å². The molecule has 46 heavy (non-hydrogen) atoms. The maximum atomic E-state index is 13.4. The zero-order valence-corrected chi connectivity index (χ0v) is 28.8. The summed E-state index contributed by atoms with van der Waals surface area (Å²) < 4.78 is 23.9. The number of carbonyl (C=O) groups excluding carboxylic acids is 1. The standard InChI is InChI=1S/C25H32ClFN4O2.C5H10O2.C3H5N.C2H6/c1-4-5-8-20(29-24(32)9-6-12-31-13-7-15-33-16-14-31)17-19(2)25(28-3)30-21-10-11-23(27)22(26)18-21;6-4-5-2-1-3-7-5;1-3-4-2;1-2/h5-6,8-11,17-18,30H,3-4,7,12-16H2,1-2H3,(H,29,32);5-6H,1-4H2;1,4H,2H3;1-2H3/b8-5?,9-6+,20-17+,25-19-;;;/t;5-;;/m.0../s1. The lowest BCUT2D eigenvalue weighted by atomic mass is 10.2. The zero-order chi connectivity index (χ0) is 34.6. The fourth-order valence-corrected chi connectivity index (χ4v) is 4.09. The number of anilines is 1. The highest BCUT2D eigenvalue weighted by Gasteiger charge is 2.12. The predicted molar refractivity (Wildman–Crippen MR) is 189 cm³/mol. The fourth-order valence-electron chi connectivity index (χ4n) is 3.91. The molecule has 4 N–H and O–H groups in total. The van der Waals surface area contributed by atoms with Gasteiger partial charge in [-0.25, -0.2) is 9.38 Å². The van der Waals surface area contributed by atoms with Crippen LogP contribution in [0.25, 0.3) is 0 Å². The number of halogens is 2. The molecule has 1 amide bonds. The number of amides is 1. The number of rotatable bonds is 11. The van der Waals surface area contributed by atoms with E-state index in [0.717, 1.165) is 64.2 Å². The SMILES string of the molecule is C#CNC.C=N/C(Nc1ccc(F)c(Cl)c1)=C(C)/C=C(\C=CCC)NC(=O)/C=C/CN1CCCOCC1.CC.OC[C@@H]1CCCO1. The Morgan fingerprint density at radius 1 is 1.24 bits per heavy atom. The van der Waals surface area contributed by atoms with Crippen LogP contribution >= 0.6 is 11.6 Å². The van der Waals surface area contributed by atoms with Gasteiger partial charge < -0.3 is 30.5 Å². The van der Waals surface area contributed by atoms with E-state index in [0.29, 0.717) is 23.8 Å². The highest BCUT2D eigenvalue weighted by atomic mass is 35.5. The molecular formula is C35H53ClFN5O4. The van der Waals surface area contributed by atoms with Gasteiger partial charge in [-0.15, -0.1) is 0 Å². The van der Waals surface area contributed by atoms with Gasteiger partial charge in [-0.2, -0.15) is 0 Å². The highest BCUT2D eigenvalue weighted by Crippen LogP contribution is 2.22. The molecule has 11 heteroatoms. The number of aliphatic hydroxyl groups excluding tert-OH is 1. The molecular weight excluding hydrogens is 609 g/mol. The lowest BCUT2D eigenvalue weighted by Gasteiger charge is -2.16. The lowest BCUT2D eigenvalue weighted by molar-refractivity contribution is -0.115.